The molecule has 0 saturated carbocycles. The highest BCUT2D eigenvalue weighted by atomic mass is 16.5. The summed E-state index contributed by atoms with van der Waals surface area (Å²) in [5, 5.41) is 5.59. The van der Waals surface area contributed by atoms with Crippen molar-refractivity contribution in [1.29, 1.82) is 0 Å². The third-order valence-corrected chi connectivity index (χ3v) is 4.08. The van der Waals surface area contributed by atoms with E-state index in [-0.39, 0.29) is 24.3 Å². The molecule has 0 bridgehead atoms. The molecule has 0 aliphatic carbocycles. The molecular formula is C21H24N2O3. The lowest BCUT2D eigenvalue weighted by molar-refractivity contribution is -0.121. The smallest absolute Gasteiger partial charge is 0.247 e. The molecule has 2 aromatic carbocycles. The molecule has 0 fully saturated rings. The van der Waals surface area contributed by atoms with Crippen LogP contribution in [-0.4, -0.2) is 25.5 Å². The van der Waals surface area contributed by atoms with Crippen molar-refractivity contribution in [2.45, 2.75) is 19.4 Å². The summed E-state index contributed by atoms with van der Waals surface area (Å²) in [5.74, 6) is -0.346. The number of rotatable bonds is 8. The van der Waals surface area contributed by atoms with Gasteiger partial charge in [0.05, 0.1) is 12.5 Å². The van der Waals surface area contributed by atoms with Crippen molar-refractivity contribution < 1.29 is 14.3 Å². The summed E-state index contributed by atoms with van der Waals surface area (Å²) in [6, 6.07) is 15.1. The number of methoxy groups -OCH3 is 1. The zero-order valence-corrected chi connectivity index (χ0v) is 15.1. The number of benzene rings is 2. The Balaban J connectivity index is 1.89. The standard InChI is InChI=1S/C21H24N2O3/c1-4-20(24)23-17-11-9-16(10-12-17)13-21(25)22-14-19(26-3)18-8-6-5-7-15(18)2/h4-12,19H,1,13-14H2,2-3H3,(H,22,25)(H,23,24). The average molecular weight is 352 g/mol. The lowest BCUT2D eigenvalue weighted by atomic mass is 10.0. The molecule has 0 aliphatic rings. The monoisotopic (exact) mass is 352 g/mol. The van der Waals surface area contributed by atoms with Gasteiger partial charge in [-0.2, -0.15) is 0 Å². The molecule has 0 spiro atoms. The Morgan fingerprint density at radius 3 is 2.46 bits per heavy atom. The zero-order chi connectivity index (χ0) is 18.9. The van der Waals surface area contributed by atoms with Crippen LogP contribution in [0.15, 0.2) is 61.2 Å². The lowest BCUT2D eigenvalue weighted by Gasteiger charge is -2.18. The molecule has 0 aromatic heterocycles. The van der Waals surface area contributed by atoms with Gasteiger partial charge in [0.15, 0.2) is 0 Å². The van der Waals surface area contributed by atoms with E-state index in [2.05, 4.69) is 17.2 Å². The second kappa shape index (κ2) is 9.53. The quantitative estimate of drug-likeness (QED) is 0.717. The zero-order valence-electron chi connectivity index (χ0n) is 15.1. The Labute approximate surface area is 154 Å². The molecule has 0 radical (unpaired) electrons. The number of carbonyl (C=O) groups excluding carboxylic acids is 2. The van der Waals surface area contributed by atoms with Gasteiger partial charge in [-0.3, -0.25) is 9.59 Å². The third kappa shape index (κ3) is 5.57. The summed E-state index contributed by atoms with van der Waals surface area (Å²) in [4.78, 5) is 23.5. The second-order valence-electron chi connectivity index (χ2n) is 5.95. The first-order chi connectivity index (χ1) is 12.5. The van der Waals surface area contributed by atoms with Crippen molar-refractivity contribution in [3.63, 3.8) is 0 Å². The highest BCUT2D eigenvalue weighted by molar-refractivity contribution is 5.98. The fourth-order valence-corrected chi connectivity index (χ4v) is 2.62. The van der Waals surface area contributed by atoms with E-state index in [1.807, 2.05) is 43.3 Å². The Morgan fingerprint density at radius 2 is 1.85 bits per heavy atom. The van der Waals surface area contributed by atoms with Gasteiger partial charge in [0.2, 0.25) is 11.8 Å². The Hall–Kier alpha value is -2.92. The van der Waals surface area contributed by atoms with Gasteiger partial charge in [-0.05, 0) is 41.8 Å². The second-order valence-corrected chi connectivity index (χ2v) is 5.95. The SMILES string of the molecule is C=CC(=O)Nc1ccc(CC(=O)NCC(OC)c2ccccc2C)cc1. The van der Waals surface area contributed by atoms with Crippen LogP contribution in [0, 0.1) is 6.92 Å². The van der Waals surface area contributed by atoms with E-state index in [1.165, 1.54) is 6.08 Å². The molecule has 0 aliphatic heterocycles. The molecule has 0 heterocycles. The Morgan fingerprint density at radius 1 is 1.15 bits per heavy atom. The Bertz CT molecular complexity index is 769. The van der Waals surface area contributed by atoms with Crippen molar-refractivity contribution in [2.75, 3.05) is 19.0 Å². The maximum atomic E-state index is 12.2. The number of hydrogen-bond donors (Lipinski definition) is 2. The van der Waals surface area contributed by atoms with Crippen LogP contribution < -0.4 is 10.6 Å². The number of aryl methyl sites for hydroxylation is 1. The fourth-order valence-electron chi connectivity index (χ4n) is 2.62. The molecule has 0 saturated heterocycles. The molecule has 1 atom stereocenters. The van der Waals surface area contributed by atoms with Gasteiger partial charge in [-0.25, -0.2) is 0 Å². The summed E-state index contributed by atoms with van der Waals surface area (Å²) in [5.41, 5.74) is 3.73. The third-order valence-electron chi connectivity index (χ3n) is 4.08. The maximum absolute atomic E-state index is 12.2. The summed E-state index contributed by atoms with van der Waals surface area (Å²) >= 11 is 0. The molecule has 5 heteroatoms. The first-order valence-electron chi connectivity index (χ1n) is 8.41. The van der Waals surface area contributed by atoms with Crippen molar-refractivity contribution in [3.05, 3.63) is 77.9 Å². The van der Waals surface area contributed by atoms with Crippen LogP contribution in [-0.2, 0) is 20.7 Å². The van der Waals surface area contributed by atoms with Crippen LogP contribution in [0.4, 0.5) is 5.69 Å². The fraction of sp³-hybridized carbons (Fsp3) is 0.238. The van der Waals surface area contributed by atoms with E-state index in [0.29, 0.717) is 12.2 Å². The summed E-state index contributed by atoms with van der Waals surface area (Å²) < 4.78 is 5.52. The Kier molecular flexibility index (Phi) is 7.12. The van der Waals surface area contributed by atoms with E-state index in [1.54, 1.807) is 19.2 Å². The molecule has 136 valence electrons. The number of hydrogen-bond acceptors (Lipinski definition) is 3. The van der Waals surface area contributed by atoms with Crippen LogP contribution in [0.5, 0.6) is 0 Å². The number of carbonyl (C=O) groups is 2. The minimum Gasteiger partial charge on any atom is -0.375 e. The van der Waals surface area contributed by atoms with Crippen LogP contribution in [0.3, 0.4) is 0 Å². The number of ether oxygens (including phenoxy) is 1. The van der Waals surface area contributed by atoms with Gasteiger partial charge in [-0.1, -0.05) is 43.0 Å². The summed E-state index contributed by atoms with van der Waals surface area (Å²) in [7, 11) is 1.64. The van der Waals surface area contributed by atoms with E-state index in [9.17, 15) is 9.59 Å². The molecule has 1 unspecified atom stereocenters. The largest absolute Gasteiger partial charge is 0.375 e. The predicted octanol–water partition coefficient (Wildman–Crippen LogP) is 3.17. The number of anilines is 1. The maximum Gasteiger partial charge on any atom is 0.247 e. The van der Waals surface area contributed by atoms with Crippen molar-refractivity contribution in [1.82, 2.24) is 5.32 Å². The average Bonchev–Trinajstić information content (AvgIpc) is 2.65. The molecule has 2 aromatic rings. The molecular weight excluding hydrogens is 328 g/mol. The van der Waals surface area contributed by atoms with E-state index in [4.69, 9.17) is 4.74 Å². The lowest BCUT2D eigenvalue weighted by Crippen LogP contribution is -2.30. The van der Waals surface area contributed by atoms with Gasteiger partial charge in [0, 0.05) is 19.3 Å². The van der Waals surface area contributed by atoms with E-state index < -0.39 is 0 Å². The highest BCUT2D eigenvalue weighted by Crippen LogP contribution is 2.19. The summed E-state index contributed by atoms with van der Waals surface area (Å²) in [6.07, 6.45) is 1.29. The number of amides is 2. The molecule has 2 rings (SSSR count). The number of nitrogens with one attached hydrogen (secondary N) is 2. The topological polar surface area (TPSA) is 67.4 Å². The van der Waals surface area contributed by atoms with Crippen LogP contribution in [0.25, 0.3) is 0 Å². The predicted molar refractivity (Wildman–Crippen MR) is 103 cm³/mol. The first kappa shape index (κ1) is 19.4. The van der Waals surface area contributed by atoms with Crippen molar-refractivity contribution >= 4 is 17.5 Å². The van der Waals surface area contributed by atoms with Crippen LogP contribution in [0.2, 0.25) is 0 Å². The van der Waals surface area contributed by atoms with Gasteiger partial charge in [0.1, 0.15) is 0 Å². The normalized spacial score (nSPS) is 11.5. The van der Waals surface area contributed by atoms with E-state index >= 15 is 0 Å². The molecule has 2 amide bonds. The van der Waals surface area contributed by atoms with Gasteiger partial charge >= 0.3 is 0 Å². The highest BCUT2D eigenvalue weighted by Gasteiger charge is 2.14. The first-order valence-corrected chi connectivity index (χ1v) is 8.41. The van der Waals surface area contributed by atoms with E-state index in [0.717, 1.165) is 16.7 Å². The summed E-state index contributed by atoms with van der Waals surface area (Å²) in [6.45, 7) is 5.84. The van der Waals surface area contributed by atoms with Crippen molar-refractivity contribution in [2.24, 2.45) is 0 Å². The molecule has 5 nitrogen and oxygen atoms in total. The van der Waals surface area contributed by atoms with Crippen molar-refractivity contribution in [3.8, 4) is 0 Å². The minimum absolute atomic E-state index is 0.0801. The van der Waals surface area contributed by atoms with Gasteiger partial charge in [0.25, 0.3) is 0 Å². The van der Waals surface area contributed by atoms with Crippen LogP contribution >= 0.6 is 0 Å². The van der Waals surface area contributed by atoms with Gasteiger partial charge in [-0.15, -0.1) is 0 Å². The van der Waals surface area contributed by atoms with Gasteiger partial charge < -0.3 is 15.4 Å². The molecule has 26 heavy (non-hydrogen) atoms. The minimum atomic E-state index is -0.266. The van der Waals surface area contributed by atoms with Crippen LogP contribution in [0.1, 0.15) is 22.8 Å². The molecule has 2 N–H and O–H groups in total.